The Morgan fingerprint density at radius 3 is 1.59 bits per heavy atom. The zero-order valence-electron chi connectivity index (χ0n) is 67.2. The number of nitrogens with one attached hydrogen (secondary N) is 13. The summed E-state index contributed by atoms with van der Waals surface area (Å²) in [6.45, 7) is 10.5. The van der Waals surface area contributed by atoms with Crippen molar-refractivity contribution in [3.63, 3.8) is 0 Å². The molecule has 33 nitrogen and oxygen atoms in total. The molecule has 1 aliphatic rings. The van der Waals surface area contributed by atoms with Crippen LogP contribution in [-0.2, 0) is 88.0 Å². The Labute approximate surface area is 690 Å². The summed E-state index contributed by atoms with van der Waals surface area (Å²) < 4.78 is 36.8. The van der Waals surface area contributed by atoms with Crippen molar-refractivity contribution in [1.29, 1.82) is 0 Å². The molecule has 37 heteroatoms. The zero-order chi connectivity index (χ0) is 87.6. The topological polar surface area (TPSA) is 492 Å². The average Bonchev–Trinajstić information content (AvgIpc) is 1.80. The van der Waals surface area contributed by atoms with E-state index >= 15 is 9.59 Å². The van der Waals surface area contributed by atoms with Gasteiger partial charge in [-0.25, -0.2) is 9.59 Å². The van der Waals surface area contributed by atoms with Crippen LogP contribution in [0.15, 0.2) is 140 Å². The number of alkyl halides is 3. The van der Waals surface area contributed by atoms with Gasteiger partial charge in [0, 0.05) is 87.5 Å². The monoisotopic (exact) mass is 1680 g/mol. The number of amides is 14. The lowest BCUT2D eigenvalue weighted by Crippen LogP contribution is -2.66. The molecule has 6 aromatic rings. The van der Waals surface area contributed by atoms with Crippen LogP contribution in [0, 0.1) is 5.92 Å². The Morgan fingerprint density at radius 2 is 1.06 bits per heavy atom. The standard InChI is InChI=1S/C80H103ClN16O15.C2HF3O2/c1-46(2)37-62(71(102)90-61(18-11-12-35-84-47(3)4)79(110)97-36-14-19-69(97)78(109)86-48(5)70(82)101)91-73(104)65(40-52-23-28-58(29-24-52)87-49(6)99)94-76(107)67(44-85-80(111)89-59-30-32-60(112-8)33-31-59)95-77(108)68(45-98)96-75(106)66(42-54-15-13-34-83-43-54)93-74(105)64(39-51-21-26-57(81)27-22-51)92-72(103)63(88-50(7)100)41-53-20-25-55-16-9-10-17-56(55)38-53;3-2(4,5)1(6)7/h9-10,13,15-17,20-34,38,43,46-48,61-69,84,98H,11-12,14,18-19,35-37,39-42,44-45H2,1-8H3,(H2,82,101)(H,86,109)(H,87,99)(H,88,100)(H,90,102)(H,91,104)(H,92,103)(H,93,105)(H,94,107)(H,95,108)(H,96,106)(H2,85,89,111);(H,6,7)/t48-,61+,62+,63-,64-,65-,66-,67+,68+,69+;/m1./s1. The van der Waals surface area contributed by atoms with Crippen molar-refractivity contribution < 1.29 is 101 Å². The number of halogens is 4. The summed E-state index contributed by atoms with van der Waals surface area (Å²) >= 11 is 6.26. The molecule has 1 aliphatic heterocycles. The Morgan fingerprint density at radius 1 is 0.571 bits per heavy atom. The summed E-state index contributed by atoms with van der Waals surface area (Å²) in [5, 5.41) is 57.4. The van der Waals surface area contributed by atoms with Crippen LogP contribution in [0.5, 0.6) is 5.75 Å². The van der Waals surface area contributed by atoms with E-state index in [0.717, 1.165) is 10.8 Å². The van der Waals surface area contributed by atoms with E-state index in [4.69, 9.17) is 26.2 Å². The molecular formula is C82H104ClF3N16O17. The van der Waals surface area contributed by atoms with Crippen molar-refractivity contribution in [2.45, 2.75) is 185 Å². The molecule has 0 aliphatic carbocycles. The molecular weight excluding hydrogens is 1570 g/mol. The molecule has 1 fully saturated rings. The molecule has 7 rings (SSSR count). The van der Waals surface area contributed by atoms with E-state index in [1.165, 1.54) is 57.3 Å². The van der Waals surface area contributed by atoms with Gasteiger partial charge in [-0.2, -0.15) is 13.2 Å². The van der Waals surface area contributed by atoms with Crippen LogP contribution in [-0.4, -0.2) is 204 Å². The number of carbonyl (C=O) groups excluding carboxylic acids is 14. The van der Waals surface area contributed by atoms with E-state index in [0.29, 0.717) is 64.5 Å². The van der Waals surface area contributed by atoms with Crippen molar-refractivity contribution in [1.82, 2.24) is 68.4 Å². The summed E-state index contributed by atoms with van der Waals surface area (Å²) in [6, 6.07) is 20.4. The van der Waals surface area contributed by atoms with Crippen LogP contribution in [0.3, 0.4) is 0 Å². The first-order chi connectivity index (χ1) is 56.4. The van der Waals surface area contributed by atoms with Gasteiger partial charge in [-0.05, 0) is 146 Å². The summed E-state index contributed by atoms with van der Waals surface area (Å²) in [5.74, 6) is -12.1. The smallest absolute Gasteiger partial charge is 0.430 e. The van der Waals surface area contributed by atoms with E-state index in [9.17, 15) is 71.0 Å². The van der Waals surface area contributed by atoms with Gasteiger partial charge in [-0.3, -0.25) is 63.5 Å². The fraction of sp³-hybridized carbons (Fsp3) is 0.427. The van der Waals surface area contributed by atoms with Gasteiger partial charge in [0.15, 0.2) is 0 Å². The molecule has 2 heterocycles. The Hall–Kier alpha value is -12.1. The number of hydrogen-bond acceptors (Lipinski definition) is 19. The second kappa shape index (κ2) is 47.3. The van der Waals surface area contributed by atoms with Gasteiger partial charge in [0.25, 0.3) is 0 Å². The Bertz CT molecular complexity index is 4480. The van der Waals surface area contributed by atoms with Gasteiger partial charge < -0.3 is 93.8 Å². The fourth-order valence-corrected chi connectivity index (χ4v) is 12.7. The van der Waals surface area contributed by atoms with Crippen LogP contribution in [0.2, 0.25) is 5.02 Å². The van der Waals surface area contributed by atoms with E-state index in [1.807, 2.05) is 56.3 Å². The maximum absolute atomic E-state index is 15.2. The van der Waals surface area contributed by atoms with E-state index in [1.54, 1.807) is 86.6 Å². The zero-order valence-corrected chi connectivity index (χ0v) is 68.0. The number of hydrogen-bond donors (Lipinski definition) is 15. The second-order valence-electron chi connectivity index (χ2n) is 29.2. The molecule has 0 bridgehead atoms. The van der Waals surface area contributed by atoms with Crippen molar-refractivity contribution >= 4 is 117 Å². The van der Waals surface area contributed by atoms with Crippen molar-refractivity contribution in [3.05, 3.63) is 167 Å². The lowest BCUT2D eigenvalue weighted by atomic mass is 9.99. The number of nitrogens with zero attached hydrogens (tertiary/aromatic N) is 2. The predicted molar refractivity (Wildman–Crippen MR) is 431 cm³/mol. The highest BCUT2D eigenvalue weighted by Crippen LogP contribution is 2.24. The number of unbranched alkanes of at least 4 members (excludes halogenated alkanes) is 1. The van der Waals surface area contributed by atoms with E-state index in [-0.39, 0.29) is 75.0 Å². The summed E-state index contributed by atoms with van der Waals surface area (Å²) in [4.78, 5) is 198. The third-order valence-electron chi connectivity index (χ3n) is 18.7. The molecule has 0 unspecified atom stereocenters. The van der Waals surface area contributed by atoms with E-state index in [2.05, 4.69) is 79.8 Å². The van der Waals surface area contributed by atoms with Crippen molar-refractivity contribution in [3.8, 4) is 5.75 Å². The first-order valence-electron chi connectivity index (χ1n) is 38.6. The normalized spacial score (nSPS) is 14.7. The SMILES string of the molecule is COc1ccc(NC(=O)NC[C@H](NC(=O)[C@H](CO)NC(=O)[C@@H](Cc2cccnc2)NC(=O)[C@@H](Cc2ccc(Cl)cc2)NC(=O)[C@@H](Cc2ccc3ccccc3c2)NC(C)=O)C(=O)N[C@H](Cc2ccc(NC(C)=O)cc2)C(=O)N[C@@H](CC(C)C)C(=O)N[C@@H](CCCCNC(C)C)C(=O)N2CCC[C@H]2C(=O)N[C@H](C)C([NH3+])=O)cc1.O=C([O-])C(F)(F)F. The third-order valence-corrected chi connectivity index (χ3v) is 18.9. The number of aliphatic carboxylic acids is 1. The van der Waals surface area contributed by atoms with Crippen LogP contribution < -0.4 is 84.7 Å². The van der Waals surface area contributed by atoms with Crippen LogP contribution in [0.1, 0.15) is 109 Å². The van der Waals surface area contributed by atoms with Gasteiger partial charge in [0.05, 0.1) is 13.7 Å². The van der Waals surface area contributed by atoms with Crippen molar-refractivity contribution in [2.75, 3.05) is 44.0 Å². The fourth-order valence-electron chi connectivity index (χ4n) is 12.5. The summed E-state index contributed by atoms with van der Waals surface area (Å²) in [5.41, 5.74) is 6.12. The first kappa shape index (κ1) is 95.7. The number of aliphatic hydroxyl groups excluding tert-OH is 1. The molecule has 10 atom stereocenters. The minimum Gasteiger partial charge on any atom is -0.542 e. The number of benzene rings is 5. The Kier molecular flexibility index (Phi) is 38.0. The van der Waals surface area contributed by atoms with Gasteiger partial charge in [-0.1, -0.05) is 112 Å². The average molecular weight is 1680 g/mol. The summed E-state index contributed by atoms with van der Waals surface area (Å²) in [6.07, 6.45) is -1.11. The molecule has 642 valence electrons. The number of urea groups is 1. The maximum atomic E-state index is 15.2. The highest BCUT2D eigenvalue weighted by atomic mass is 35.5. The molecule has 0 spiro atoms. The lowest BCUT2D eigenvalue weighted by molar-refractivity contribution is -0.344. The molecule has 0 radical (unpaired) electrons. The third kappa shape index (κ3) is 32.7. The summed E-state index contributed by atoms with van der Waals surface area (Å²) in [7, 11) is 1.45. The van der Waals surface area contributed by atoms with Crippen LogP contribution in [0.25, 0.3) is 10.8 Å². The number of pyridine rings is 1. The molecule has 5 aromatic carbocycles. The van der Waals surface area contributed by atoms with Crippen molar-refractivity contribution in [2.24, 2.45) is 5.92 Å². The maximum Gasteiger partial charge on any atom is 0.430 e. The van der Waals surface area contributed by atoms with Gasteiger partial charge in [0.1, 0.15) is 72.1 Å². The minimum atomic E-state index is -5.19. The van der Waals surface area contributed by atoms with Gasteiger partial charge in [0.2, 0.25) is 65.0 Å². The lowest BCUT2D eigenvalue weighted by Gasteiger charge is -2.31. The van der Waals surface area contributed by atoms with Crippen LogP contribution >= 0.6 is 11.6 Å². The predicted octanol–water partition coefficient (Wildman–Crippen LogP) is 1.62. The molecule has 14 amide bonds. The number of quaternary nitrogens is 1. The molecule has 119 heavy (non-hydrogen) atoms. The first-order valence-corrected chi connectivity index (χ1v) is 38.9. The number of rotatable bonds is 41. The number of likely N-dealkylation sites (tertiary alicyclic amines) is 1. The quantitative estimate of drug-likeness (QED) is 0.0242. The second-order valence-corrected chi connectivity index (χ2v) is 29.6. The molecule has 0 saturated carbocycles. The van der Waals surface area contributed by atoms with Crippen LogP contribution in [0.4, 0.5) is 29.3 Å². The number of aliphatic hydroxyl groups is 1. The number of carboxylic acids is 1. The molecule has 1 aromatic heterocycles. The highest BCUT2D eigenvalue weighted by molar-refractivity contribution is 6.30. The number of anilines is 2. The number of aromatic nitrogens is 1. The van der Waals surface area contributed by atoms with Gasteiger partial charge >= 0.3 is 18.1 Å². The number of ether oxygens (including phenoxy) is 1. The number of methoxy groups -OCH3 is 1. The largest absolute Gasteiger partial charge is 0.542 e. The minimum absolute atomic E-state index is 0.00420. The van der Waals surface area contributed by atoms with Gasteiger partial charge in [-0.15, -0.1) is 0 Å². The molecule has 17 N–H and O–H groups in total. The molecule has 1 saturated heterocycles. The highest BCUT2D eigenvalue weighted by Gasteiger charge is 2.41. The Balaban J connectivity index is 0.00000300. The van der Waals surface area contributed by atoms with E-state index < -0.39 is 157 Å². The number of carbonyl (C=O) groups is 14. The number of fused-ring (bicyclic) bond motifs is 1. The number of carboxylic acid groups (broad SMARTS) is 1.